The second-order valence-corrected chi connectivity index (χ2v) is 8.77. The number of nitrogens with zero attached hydrogens (tertiary/aromatic N) is 1. The monoisotopic (exact) mass is 528 g/mol. The van der Waals surface area contributed by atoms with Gasteiger partial charge in [0, 0.05) is 18.3 Å². The predicted octanol–water partition coefficient (Wildman–Crippen LogP) is 5.06. The minimum absolute atomic E-state index is 0.128. The fraction of sp³-hybridized carbons (Fsp3) is 0.259. The molecule has 1 aliphatic heterocycles. The van der Waals surface area contributed by atoms with Crippen molar-refractivity contribution in [3.8, 4) is 23.0 Å². The fourth-order valence-corrected chi connectivity index (χ4v) is 4.76. The molecule has 0 fully saturated rings. The van der Waals surface area contributed by atoms with Gasteiger partial charge in [-0.15, -0.1) is 0 Å². The topological polar surface area (TPSA) is 86.3 Å². The summed E-state index contributed by atoms with van der Waals surface area (Å²) in [4.78, 5) is 28.9. The molecule has 10 heteroatoms. The average Bonchev–Trinajstić information content (AvgIpc) is 2.91. The highest BCUT2D eigenvalue weighted by molar-refractivity contribution is 6.31. The molecule has 0 aliphatic carbocycles. The summed E-state index contributed by atoms with van der Waals surface area (Å²) in [6.45, 7) is 0. The number of likely N-dealkylation sites (N-methyl/N-ethyl adjacent to an activating group) is 1. The fourth-order valence-electron chi connectivity index (χ4n) is 4.58. The minimum atomic E-state index is -0.889. The molecule has 3 aromatic carbocycles. The quantitative estimate of drug-likeness (QED) is 0.461. The van der Waals surface area contributed by atoms with Gasteiger partial charge in [-0.2, -0.15) is 0 Å². The van der Waals surface area contributed by atoms with Crippen LogP contribution < -0.4 is 24.3 Å². The lowest BCUT2D eigenvalue weighted by atomic mass is 9.79. The number of carbonyl (C=O) groups is 2. The molecule has 8 nitrogen and oxygen atoms in total. The maximum absolute atomic E-state index is 13.9. The maximum atomic E-state index is 13.9. The molecule has 0 saturated heterocycles. The molecule has 1 aliphatic rings. The Hall–Kier alpha value is -3.98. The first-order valence-electron chi connectivity index (χ1n) is 11.2. The molecule has 0 saturated carbocycles. The molecule has 0 bridgehead atoms. The number of rotatable bonds is 7. The second kappa shape index (κ2) is 10.6. The van der Waals surface area contributed by atoms with E-state index in [1.54, 1.807) is 37.4 Å². The van der Waals surface area contributed by atoms with Crippen molar-refractivity contribution >= 4 is 29.1 Å². The standard InChI is InChI=1S/C27H26ClFN2O6/c1-31-25(14-6-9-20(34-2)21(10-14)35-3)24(26(32)30-15-7-8-19(29)18(28)11-15)16-12-22(36-4)23(37-5)13-17(16)27(31)33/h6-13,24-25H,1-5H3,(H,30,32)/t24-,25-/m1/s1. The van der Waals surface area contributed by atoms with Crippen LogP contribution in [0, 0.1) is 5.82 Å². The zero-order valence-corrected chi connectivity index (χ0v) is 21.7. The van der Waals surface area contributed by atoms with Gasteiger partial charge in [-0.1, -0.05) is 17.7 Å². The third-order valence-corrected chi connectivity index (χ3v) is 6.68. The van der Waals surface area contributed by atoms with Crippen LogP contribution in [0.3, 0.4) is 0 Å². The first-order valence-corrected chi connectivity index (χ1v) is 11.6. The molecule has 3 aromatic rings. The van der Waals surface area contributed by atoms with E-state index in [-0.39, 0.29) is 10.9 Å². The van der Waals surface area contributed by atoms with Crippen molar-refractivity contribution < 1.29 is 32.9 Å². The Morgan fingerprint density at radius 3 is 2.14 bits per heavy atom. The third kappa shape index (κ3) is 4.74. The highest BCUT2D eigenvalue weighted by atomic mass is 35.5. The van der Waals surface area contributed by atoms with E-state index in [0.717, 1.165) is 0 Å². The third-order valence-electron chi connectivity index (χ3n) is 6.39. The molecule has 0 unspecified atom stereocenters. The molecule has 37 heavy (non-hydrogen) atoms. The van der Waals surface area contributed by atoms with Crippen LogP contribution in [-0.2, 0) is 4.79 Å². The number of hydrogen-bond donors (Lipinski definition) is 1. The summed E-state index contributed by atoms with van der Waals surface area (Å²) < 4.78 is 35.4. The normalized spacial score (nSPS) is 16.6. The molecule has 0 spiro atoms. The molecule has 0 radical (unpaired) electrons. The van der Waals surface area contributed by atoms with Crippen LogP contribution in [0.25, 0.3) is 0 Å². The zero-order valence-electron chi connectivity index (χ0n) is 20.9. The molecule has 194 valence electrons. The Balaban J connectivity index is 1.90. The lowest BCUT2D eigenvalue weighted by Gasteiger charge is -2.40. The maximum Gasteiger partial charge on any atom is 0.254 e. The number of fused-ring (bicyclic) bond motifs is 1. The number of halogens is 2. The number of amides is 2. The molecular formula is C27H26ClFN2O6. The van der Waals surface area contributed by atoms with Crippen LogP contribution in [0.2, 0.25) is 5.02 Å². The van der Waals surface area contributed by atoms with Crippen molar-refractivity contribution in [3.05, 3.63) is 76.1 Å². The number of carbonyl (C=O) groups excluding carboxylic acids is 2. The van der Waals surface area contributed by atoms with Crippen LogP contribution in [0.5, 0.6) is 23.0 Å². The van der Waals surface area contributed by atoms with Gasteiger partial charge in [-0.25, -0.2) is 4.39 Å². The van der Waals surface area contributed by atoms with Gasteiger partial charge in [0.25, 0.3) is 5.91 Å². The van der Waals surface area contributed by atoms with Crippen LogP contribution >= 0.6 is 11.6 Å². The first-order chi connectivity index (χ1) is 17.7. The van der Waals surface area contributed by atoms with E-state index in [1.165, 1.54) is 51.5 Å². The van der Waals surface area contributed by atoms with E-state index in [1.807, 2.05) is 0 Å². The summed E-state index contributed by atoms with van der Waals surface area (Å²) in [6, 6.07) is 11.6. The molecule has 4 rings (SSSR count). The van der Waals surface area contributed by atoms with Crippen molar-refractivity contribution in [1.82, 2.24) is 4.90 Å². The van der Waals surface area contributed by atoms with Gasteiger partial charge in [0.2, 0.25) is 5.91 Å². The van der Waals surface area contributed by atoms with Gasteiger partial charge in [0.05, 0.1) is 45.4 Å². The molecular weight excluding hydrogens is 503 g/mol. The SMILES string of the molecule is COc1ccc([C@@H]2[C@H](C(=O)Nc3ccc(F)c(Cl)c3)c3cc(OC)c(OC)cc3C(=O)N2C)cc1OC. The average molecular weight is 529 g/mol. The van der Waals surface area contributed by atoms with E-state index in [4.69, 9.17) is 30.5 Å². The smallest absolute Gasteiger partial charge is 0.254 e. The number of methoxy groups -OCH3 is 4. The van der Waals surface area contributed by atoms with Crippen molar-refractivity contribution in [3.63, 3.8) is 0 Å². The highest BCUT2D eigenvalue weighted by Crippen LogP contribution is 2.47. The Kier molecular flexibility index (Phi) is 7.45. The Morgan fingerprint density at radius 1 is 0.892 bits per heavy atom. The lowest BCUT2D eigenvalue weighted by Crippen LogP contribution is -2.44. The van der Waals surface area contributed by atoms with Crippen LogP contribution in [0.4, 0.5) is 10.1 Å². The molecule has 1 heterocycles. The van der Waals surface area contributed by atoms with Crippen LogP contribution in [0.15, 0.2) is 48.5 Å². The van der Waals surface area contributed by atoms with Crippen molar-refractivity contribution in [2.75, 3.05) is 40.8 Å². The zero-order chi connectivity index (χ0) is 26.9. The summed E-state index contributed by atoms with van der Waals surface area (Å²) in [5, 5.41) is 2.69. The lowest BCUT2D eigenvalue weighted by molar-refractivity contribution is -0.119. The van der Waals surface area contributed by atoms with E-state index >= 15 is 0 Å². The molecule has 2 atom stereocenters. The summed E-state index contributed by atoms with van der Waals surface area (Å²) in [6.07, 6.45) is 0. The summed E-state index contributed by atoms with van der Waals surface area (Å²) in [7, 11) is 7.59. The Morgan fingerprint density at radius 2 is 1.51 bits per heavy atom. The predicted molar refractivity (Wildman–Crippen MR) is 137 cm³/mol. The van der Waals surface area contributed by atoms with E-state index in [9.17, 15) is 14.0 Å². The second-order valence-electron chi connectivity index (χ2n) is 8.37. The van der Waals surface area contributed by atoms with Gasteiger partial charge in [-0.3, -0.25) is 9.59 Å². The van der Waals surface area contributed by atoms with Crippen molar-refractivity contribution in [2.24, 2.45) is 0 Å². The highest BCUT2D eigenvalue weighted by Gasteiger charge is 2.44. The van der Waals surface area contributed by atoms with Crippen molar-refractivity contribution in [2.45, 2.75) is 12.0 Å². The van der Waals surface area contributed by atoms with Gasteiger partial charge in [0.15, 0.2) is 23.0 Å². The van der Waals surface area contributed by atoms with E-state index in [0.29, 0.717) is 45.4 Å². The van der Waals surface area contributed by atoms with Gasteiger partial charge >= 0.3 is 0 Å². The van der Waals surface area contributed by atoms with Gasteiger partial charge in [0.1, 0.15) is 5.82 Å². The van der Waals surface area contributed by atoms with E-state index in [2.05, 4.69) is 5.32 Å². The number of benzene rings is 3. The summed E-state index contributed by atoms with van der Waals surface area (Å²) in [5.41, 5.74) is 1.70. The molecule has 0 aromatic heterocycles. The van der Waals surface area contributed by atoms with E-state index < -0.39 is 23.7 Å². The Labute approximate surface area is 218 Å². The van der Waals surface area contributed by atoms with Crippen LogP contribution in [0.1, 0.15) is 33.4 Å². The number of nitrogens with one attached hydrogen (secondary N) is 1. The summed E-state index contributed by atoms with van der Waals surface area (Å²) >= 11 is 5.93. The minimum Gasteiger partial charge on any atom is -0.493 e. The summed E-state index contributed by atoms with van der Waals surface area (Å²) in [5.74, 6) is -0.551. The Bertz CT molecular complexity index is 1360. The molecule has 1 N–H and O–H groups in total. The van der Waals surface area contributed by atoms with Gasteiger partial charge < -0.3 is 29.2 Å². The number of anilines is 1. The number of hydrogen-bond acceptors (Lipinski definition) is 6. The number of ether oxygens (including phenoxy) is 4. The largest absolute Gasteiger partial charge is 0.493 e. The van der Waals surface area contributed by atoms with Gasteiger partial charge in [-0.05, 0) is 53.6 Å². The van der Waals surface area contributed by atoms with Crippen molar-refractivity contribution in [1.29, 1.82) is 0 Å². The van der Waals surface area contributed by atoms with Crippen LogP contribution in [-0.4, -0.2) is 52.2 Å². The first kappa shape index (κ1) is 26.1. The molecule has 2 amide bonds.